The summed E-state index contributed by atoms with van der Waals surface area (Å²) in [6, 6.07) is 0. The number of aliphatic hydroxyl groups is 1. The van der Waals surface area contributed by atoms with Crippen molar-refractivity contribution in [3.63, 3.8) is 0 Å². The molecule has 24 heavy (non-hydrogen) atoms. The first kappa shape index (κ1) is 17.4. The fourth-order valence-corrected chi connectivity index (χ4v) is 3.84. The van der Waals surface area contributed by atoms with Gasteiger partial charge in [0.1, 0.15) is 6.10 Å². The monoisotopic (exact) mass is 332 g/mol. The molecule has 0 aromatic carbocycles. The van der Waals surface area contributed by atoms with Crippen molar-refractivity contribution in [3.8, 4) is 0 Å². The molecule has 1 fully saturated rings. The third-order valence-electron chi connectivity index (χ3n) is 5.52. The standard InChI is InChI=1S/C20H28O4/c1-12-5-7-16-14(3)19(22)23-17(16)10-13(2)6-8-18-20(4,24-18)11-15(21)9-12/h9-10,15,17-18,21H,5-8,11H2,1-4H3/b12-9+,13-10+/t15-,17+,18+,20?/m1/s1. The molecule has 0 bridgehead atoms. The van der Waals surface area contributed by atoms with Crippen LogP contribution >= 0.6 is 0 Å². The number of epoxide rings is 1. The molecule has 0 aromatic heterocycles. The quantitative estimate of drug-likeness (QED) is 0.418. The molecular formula is C20H28O4. The molecule has 0 amide bonds. The summed E-state index contributed by atoms with van der Waals surface area (Å²) in [6.45, 7) is 8.05. The fraction of sp³-hybridized carbons (Fsp3) is 0.650. The Kier molecular flexibility index (Phi) is 4.71. The van der Waals surface area contributed by atoms with E-state index in [4.69, 9.17) is 9.47 Å². The number of fused-ring (bicyclic) bond motifs is 2. The van der Waals surface area contributed by atoms with Crippen LogP contribution in [0.1, 0.15) is 59.8 Å². The first-order valence-electron chi connectivity index (χ1n) is 8.89. The molecule has 4 heteroatoms. The minimum atomic E-state index is -0.480. The Morgan fingerprint density at radius 3 is 2.58 bits per heavy atom. The van der Waals surface area contributed by atoms with Crippen molar-refractivity contribution >= 4 is 5.97 Å². The van der Waals surface area contributed by atoms with E-state index >= 15 is 0 Å². The van der Waals surface area contributed by atoms with Crippen LogP contribution in [0.15, 0.2) is 34.4 Å². The number of allylic oxidation sites excluding steroid dienone is 2. The third-order valence-corrected chi connectivity index (χ3v) is 5.52. The molecule has 0 spiro atoms. The summed E-state index contributed by atoms with van der Waals surface area (Å²) in [5, 5.41) is 10.3. The van der Waals surface area contributed by atoms with Crippen molar-refractivity contribution in [2.75, 3.05) is 0 Å². The van der Waals surface area contributed by atoms with Gasteiger partial charge in [0, 0.05) is 12.0 Å². The van der Waals surface area contributed by atoms with Gasteiger partial charge in [-0.05, 0) is 65.0 Å². The topological polar surface area (TPSA) is 59.1 Å². The van der Waals surface area contributed by atoms with Crippen LogP contribution in [0.5, 0.6) is 0 Å². The molecule has 1 unspecified atom stereocenters. The Hall–Kier alpha value is -1.39. The average Bonchev–Trinajstić information content (AvgIpc) is 3.04. The molecule has 2 heterocycles. The maximum atomic E-state index is 11.9. The number of esters is 1. The van der Waals surface area contributed by atoms with Gasteiger partial charge in [-0.15, -0.1) is 0 Å². The third kappa shape index (κ3) is 3.65. The van der Waals surface area contributed by atoms with E-state index in [-0.39, 0.29) is 23.8 Å². The number of rotatable bonds is 0. The van der Waals surface area contributed by atoms with E-state index in [1.54, 1.807) is 0 Å². The smallest absolute Gasteiger partial charge is 0.334 e. The molecule has 0 saturated carbocycles. The first-order valence-corrected chi connectivity index (χ1v) is 8.89. The highest BCUT2D eigenvalue weighted by Crippen LogP contribution is 2.44. The van der Waals surface area contributed by atoms with Gasteiger partial charge in [0.25, 0.3) is 0 Å². The molecule has 132 valence electrons. The maximum Gasteiger partial charge on any atom is 0.334 e. The van der Waals surface area contributed by atoms with Crippen molar-refractivity contribution in [1.82, 2.24) is 0 Å². The summed E-state index contributed by atoms with van der Waals surface area (Å²) >= 11 is 0. The van der Waals surface area contributed by atoms with Crippen LogP contribution in [0.4, 0.5) is 0 Å². The molecule has 4 atom stereocenters. The van der Waals surface area contributed by atoms with Gasteiger partial charge in [-0.3, -0.25) is 0 Å². The second-order valence-electron chi connectivity index (χ2n) is 7.73. The molecule has 1 N–H and O–H groups in total. The lowest BCUT2D eigenvalue weighted by Gasteiger charge is -2.15. The SMILES string of the molecule is CC1=C2CC/C(C)=C/[C@@H](O)CC3(C)O[C@H]3CC/C(C)=C/[C@@H]2OC1=O. The van der Waals surface area contributed by atoms with Gasteiger partial charge in [0.05, 0.1) is 17.8 Å². The molecule has 1 saturated heterocycles. The number of carbonyl (C=O) groups is 1. The van der Waals surface area contributed by atoms with Crippen LogP contribution in [0.25, 0.3) is 0 Å². The van der Waals surface area contributed by atoms with E-state index in [1.807, 2.05) is 19.9 Å². The van der Waals surface area contributed by atoms with Gasteiger partial charge in [0.15, 0.2) is 0 Å². The van der Waals surface area contributed by atoms with Crippen LogP contribution in [0.2, 0.25) is 0 Å². The lowest BCUT2D eigenvalue weighted by Crippen LogP contribution is -2.19. The van der Waals surface area contributed by atoms with E-state index in [0.717, 1.165) is 42.4 Å². The lowest BCUT2D eigenvalue weighted by molar-refractivity contribution is -0.138. The van der Waals surface area contributed by atoms with Crippen molar-refractivity contribution in [1.29, 1.82) is 0 Å². The molecule has 0 radical (unpaired) electrons. The molecule has 0 aromatic rings. The highest BCUT2D eigenvalue weighted by Gasteiger charge is 2.52. The summed E-state index contributed by atoms with van der Waals surface area (Å²) in [7, 11) is 0. The second-order valence-corrected chi connectivity index (χ2v) is 7.73. The normalized spacial score (nSPS) is 42.0. The van der Waals surface area contributed by atoms with Crippen molar-refractivity contribution < 1.29 is 19.4 Å². The Bertz CT molecular complexity index is 628. The predicted molar refractivity (Wildman–Crippen MR) is 92.5 cm³/mol. The highest BCUT2D eigenvalue weighted by molar-refractivity contribution is 5.92. The van der Waals surface area contributed by atoms with E-state index in [1.165, 1.54) is 5.57 Å². The predicted octanol–water partition coefficient (Wildman–Crippen LogP) is 3.60. The summed E-state index contributed by atoms with van der Waals surface area (Å²) in [4.78, 5) is 11.9. The van der Waals surface area contributed by atoms with Crippen LogP contribution < -0.4 is 0 Å². The van der Waals surface area contributed by atoms with Gasteiger partial charge < -0.3 is 14.6 Å². The highest BCUT2D eigenvalue weighted by atomic mass is 16.6. The molecule has 4 nitrogen and oxygen atoms in total. The molecule has 1 aliphatic carbocycles. The minimum Gasteiger partial charge on any atom is -0.450 e. The van der Waals surface area contributed by atoms with E-state index < -0.39 is 6.10 Å². The Labute approximate surface area is 144 Å². The lowest BCUT2D eigenvalue weighted by atomic mass is 9.92. The van der Waals surface area contributed by atoms with Crippen LogP contribution in [0.3, 0.4) is 0 Å². The summed E-state index contributed by atoms with van der Waals surface area (Å²) in [6.07, 6.45) is 7.62. The number of ether oxygens (including phenoxy) is 2. The van der Waals surface area contributed by atoms with Gasteiger partial charge in [-0.25, -0.2) is 4.79 Å². The Morgan fingerprint density at radius 1 is 1.12 bits per heavy atom. The van der Waals surface area contributed by atoms with Gasteiger partial charge in [0.2, 0.25) is 0 Å². The maximum absolute atomic E-state index is 11.9. The van der Waals surface area contributed by atoms with Crippen LogP contribution in [0, 0.1) is 0 Å². The van der Waals surface area contributed by atoms with Crippen molar-refractivity contribution in [2.45, 2.75) is 83.7 Å². The largest absolute Gasteiger partial charge is 0.450 e. The molecular weight excluding hydrogens is 304 g/mol. The second kappa shape index (κ2) is 6.49. The molecule has 3 aliphatic rings. The number of hydrogen-bond acceptors (Lipinski definition) is 4. The first-order chi connectivity index (χ1) is 11.3. The van der Waals surface area contributed by atoms with E-state index in [0.29, 0.717) is 6.42 Å². The van der Waals surface area contributed by atoms with Crippen LogP contribution in [-0.4, -0.2) is 35.0 Å². The number of hydrogen-bond donors (Lipinski definition) is 1. The number of aliphatic hydroxyl groups excluding tert-OH is 1. The average molecular weight is 332 g/mol. The van der Waals surface area contributed by atoms with Crippen LogP contribution in [-0.2, 0) is 14.3 Å². The Balaban J connectivity index is 1.84. The Morgan fingerprint density at radius 2 is 1.83 bits per heavy atom. The fourth-order valence-electron chi connectivity index (χ4n) is 3.84. The van der Waals surface area contributed by atoms with E-state index in [9.17, 15) is 9.90 Å². The molecule has 3 rings (SSSR count). The van der Waals surface area contributed by atoms with Gasteiger partial charge in [-0.1, -0.05) is 17.2 Å². The zero-order valence-corrected chi connectivity index (χ0v) is 15.1. The molecule has 2 aliphatic heterocycles. The zero-order chi connectivity index (χ0) is 17.5. The summed E-state index contributed by atoms with van der Waals surface area (Å²) in [5.41, 5.74) is 3.97. The van der Waals surface area contributed by atoms with Gasteiger partial charge >= 0.3 is 5.97 Å². The minimum absolute atomic E-state index is 0.204. The van der Waals surface area contributed by atoms with Crippen molar-refractivity contribution in [2.24, 2.45) is 0 Å². The number of carbonyl (C=O) groups excluding carboxylic acids is 1. The van der Waals surface area contributed by atoms with Gasteiger partial charge in [-0.2, -0.15) is 0 Å². The zero-order valence-electron chi connectivity index (χ0n) is 15.1. The van der Waals surface area contributed by atoms with E-state index in [2.05, 4.69) is 19.9 Å². The van der Waals surface area contributed by atoms with Crippen molar-refractivity contribution in [3.05, 3.63) is 34.4 Å². The summed E-state index contributed by atoms with van der Waals surface area (Å²) in [5.74, 6) is -0.205. The summed E-state index contributed by atoms with van der Waals surface area (Å²) < 4.78 is 11.4.